The van der Waals surface area contributed by atoms with E-state index in [0.717, 1.165) is 25.7 Å². The molecule has 0 bridgehead atoms. The zero-order valence-corrected chi connectivity index (χ0v) is 9.74. The van der Waals surface area contributed by atoms with Crippen LogP contribution in [0.2, 0.25) is 0 Å². The van der Waals surface area contributed by atoms with Gasteiger partial charge in [0.05, 0.1) is 19.1 Å². The van der Waals surface area contributed by atoms with Gasteiger partial charge in [0.15, 0.2) is 0 Å². The topological polar surface area (TPSA) is 55.6 Å². The van der Waals surface area contributed by atoms with Crippen molar-refractivity contribution in [1.82, 2.24) is 4.90 Å². The maximum absolute atomic E-state index is 11.3. The van der Waals surface area contributed by atoms with E-state index in [1.165, 1.54) is 0 Å². The molecule has 0 aromatic carbocycles. The first-order chi connectivity index (χ1) is 7.09. The predicted molar refractivity (Wildman–Crippen MR) is 59.5 cm³/mol. The van der Waals surface area contributed by atoms with Crippen molar-refractivity contribution in [2.75, 3.05) is 20.7 Å². The molecule has 4 nitrogen and oxygen atoms in total. The number of hydrogen-bond acceptors (Lipinski definition) is 3. The fraction of sp³-hybridized carbons (Fsp3) is 0.909. The third kappa shape index (κ3) is 4.62. The van der Waals surface area contributed by atoms with E-state index in [1.54, 1.807) is 19.0 Å². The zero-order chi connectivity index (χ0) is 11.3. The summed E-state index contributed by atoms with van der Waals surface area (Å²) in [5.74, 6) is 0.120. The Hall–Kier alpha value is -0.610. The standard InChI is InChI=1S/C11H22N2O2/c1-13(2)11(14)6-7-15-10-5-3-4-9(12)8-10/h9-10H,3-8,12H2,1-2H3. The van der Waals surface area contributed by atoms with Crippen LogP contribution in [0.25, 0.3) is 0 Å². The van der Waals surface area contributed by atoms with Gasteiger partial charge in [0, 0.05) is 20.1 Å². The summed E-state index contributed by atoms with van der Waals surface area (Å²) >= 11 is 0. The van der Waals surface area contributed by atoms with Gasteiger partial charge in [-0.05, 0) is 25.7 Å². The minimum Gasteiger partial charge on any atom is -0.378 e. The molecule has 1 aliphatic carbocycles. The van der Waals surface area contributed by atoms with Crippen molar-refractivity contribution in [3.63, 3.8) is 0 Å². The quantitative estimate of drug-likeness (QED) is 0.751. The molecule has 0 saturated heterocycles. The summed E-state index contributed by atoms with van der Waals surface area (Å²) in [6, 6.07) is 0.285. The molecule has 1 aliphatic rings. The molecule has 0 aromatic rings. The van der Waals surface area contributed by atoms with Crippen molar-refractivity contribution in [3.8, 4) is 0 Å². The van der Waals surface area contributed by atoms with Crippen LogP contribution in [-0.4, -0.2) is 43.7 Å². The van der Waals surface area contributed by atoms with Crippen molar-refractivity contribution in [2.24, 2.45) is 5.73 Å². The van der Waals surface area contributed by atoms with Gasteiger partial charge in [-0.15, -0.1) is 0 Å². The predicted octanol–water partition coefficient (Wildman–Crippen LogP) is 0.751. The van der Waals surface area contributed by atoms with Crippen LogP contribution in [0.3, 0.4) is 0 Å². The number of amides is 1. The molecule has 88 valence electrons. The Balaban J connectivity index is 2.11. The molecule has 15 heavy (non-hydrogen) atoms. The second-order valence-corrected chi connectivity index (χ2v) is 4.46. The van der Waals surface area contributed by atoms with Gasteiger partial charge in [-0.1, -0.05) is 0 Å². The third-order valence-corrected chi connectivity index (χ3v) is 2.83. The largest absolute Gasteiger partial charge is 0.378 e. The molecule has 0 aromatic heterocycles. The van der Waals surface area contributed by atoms with Crippen molar-refractivity contribution < 1.29 is 9.53 Å². The highest BCUT2D eigenvalue weighted by atomic mass is 16.5. The summed E-state index contributed by atoms with van der Waals surface area (Å²) in [5.41, 5.74) is 5.85. The van der Waals surface area contributed by atoms with Crippen molar-refractivity contribution >= 4 is 5.91 Å². The molecule has 0 radical (unpaired) electrons. The lowest BCUT2D eigenvalue weighted by Crippen LogP contribution is -2.33. The van der Waals surface area contributed by atoms with Gasteiger partial charge in [0.2, 0.25) is 5.91 Å². The van der Waals surface area contributed by atoms with Crippen LogP contribution in [0.5, 0.6) is 0 Å². The van der Waals surface area contributed by atoms with Crippen LogP contribution >= 0.6 is 0 Å². The molecule has 0 heterocycles. The molecule has 1 saturated carbocycles. The van der Waals surface area contributed by atoms with Crippen LogP contribution in [-0.2, 0) is 9.53 Å². The van der Waals surface area contributed by atoms with E-state index in [9.17, 15) is 4.79 Å². The smallest absolute Gasteiger partial charge is 0.224 e. The highest BCUT2D eigenvalue weighted by Crippen LogP contribution is 2.19. The van der Waals surface area contributed by atoms with Crippen LogP contribution < -0.4 is 5.73 Å². The number of ether oxygens (including phenoxy) is 1. The number of carbonyl (C=O) groups excluding carboxylic acids is 1. The van der Waals surface area contributed by atoms with Gasteiger partial charge in [0.1, 0.15) is 0 Å². The van der Waals surface area contributed by atoms with Crippen molar-refractivity contribution in [2.45, 2.75) is 44.2 Å². The van der Waals surface area contributed by atoms with Gasteiger partial charge >= 0.3 is 0 Å². The fourth-order valence-corrected chi connectivity index (χ4v) is 1.87. The fourth-order valence-electron chi connectivity index (χ4n) is 1.87. The van der Waals surface area contributed by atoms with E-state index in [2.05, 4.69) is 0 Å². The Kier molecular flexibility index (Phi) is 5.05. The van der Waals surface area contributed by atoms with Crippen molar-refractivity contribution in [1.29, 1.82) is 0 Å². The number of nitrogens with zero attached hydrogens (tertiary/aromatic N) is 1. The van der Waals surface area contributed by atoms with E-state index in [1.807, 2.05) is 0 Å². The minimum atomic E-state index is 0.120. The average Bonchev–Trinajstić information content (AvgIpc) is 2.17. The molecular formula is C11H22N2O2. The van der Waals surface area contributed by atoms with Crippen LogP contribution in [0.1, 0.15) is 32.1 Å². The molecule has 1 fully saturated rings. The molecule has 4 heteroatoms. The summed E-state index contributed by atoms with van der Waals surface area (Å²) in [6.07, 6.45) is 5.02. The van der Waals surface area contributed by atoms with E-state index < -0.39 is 0 Å². The molecule has 1 amide bonds. The Morgan fingerprint density at radius 3 is 2.80 bits per heavy atom. The van der Waals surface area contributed by atoms with Gasteiger partial charge in [-0.2, -0.15) is 0 Å². The lowest BCUT2D eigenvalue weighted by molar-refractivity contribution is -0.130. The highest BCUT2D eigenvalue weighted by molar-refractivity contribution is 5.75. The Bertz CT molecular complexity index is 207. The number of carbonyl (C=O) groups is 1. The lowest BCUT2D eigenvalue weighted by atomic mass is 9.94. The number of rotatable bonds is 4. The second-order valence-electron chi connectivity index (χ2n) is 4.46. The van der Waals surface area contributed by atoms with Crippen LogP contribution in [0, 0.1) is 0 Å². The molecular weight excluding hydrogens is 192 g/mol. The van der Waals surface area contributed by atoms with E-state index in [0.29, 0.717) is 13.0 Å². The van der Waals surface area contributed by atoms with Crippen LogP contribution in [0.15, 0.2) is 0 Å². The minimum absolute atomic E-state index is 0.120. The SMILES string of the molecule is CN(C)C(=O)CCOC1CCCC(N)C1. The summed E-state index contributed by atoms with van der Waals surface area (Å²) in [7, 11) is 3.53. The first-order valence-corrected chi connectivity index (χ1v) is 5.67. The average molecular weight is 214 g/mol. The Labute approximate surface area is 91.8 Å². The van der Waals surface area contributed by atoms with E-state index >= 15 is 0 Å². The Morgan fingerprint density at radius 2 is 2.20 bits per heavy atom. The number of nitrogens with two attached hydrogens (primary N) is 1. The van der Waals surface area contributed by atoms with Gasteiger partial charge in [0.25, 0.3) is 0 Å². The molecule has 0 aliphatic heterocycles. The van der Waals surface area contributed by atoms with Crippen LogP contribution in [0.4, 0.5) is 0 Å². The first-order valence-electron chi connectivity index (χ1n) is 5.67. The third-order valence-electron chi connectivity index (χ3n) is 2.83. The molecule has 0 spiro atoms. The Morgan fingerprint density at radius 1 is 1.47 bits per heavy atom. The summed E-state index contributed by atoms with van der Waals surface area (Å²) < 4.78 is 5.65. The van der Waals surface area contributed by atoms with E-state index in [-0.39, 0.29) is 18.1 Å². The van der Waals surface area contributed by atoms with Gasteiger partial charge in [-0.3, -0.25) is 4.79 Å². The summed E-state index contributed by atoms with van der Waals surface area (Å²) in [5, 5.41) is 0. The molecule has 1 rings (SSSR count). The number of hydrogen-bond donors (Lipinski definition) is 1. The molecule has 2 atom stereocenters. The maximum Gasteiger partial charge on any atom is 0.224 e. The molecule has 2 unspecified atom stereocenters. The first kappa shape index (κ1) is 12.5. The van der Waals surface area contributed by atoms with Gasteiger partial charge < -0.3 is 15.4 Å². The van der Waals surface area contributed by atoms with Gasteiger partial charge in [-0.25, -0.2) is 0 Å². The highest BCUT2D eigenvalue weighted by Gasteiger charge is 2.19. The normalized spacial score (nSPS) is 26.3. The second kappa shape index (κ2) is 6.08. The zero-order valence-electron chi connectivity index (χ0n) is 9.74. The summed E-state index contributed by atoms with van der Waals surface area (Å²) in [6.45, 7) is 0.522. The maximum atomic E-state index is 11.3. The monoisotopic (exact) mass is 214 g/mol. The summed E-state index contributed by atoms with van der Waals surface area (Å²) in [4.78, 5) is 12.9. The lowest BCUT2D eigenvalue weighted by Gasteiger charge is -2.26. The van der Waals surface area contributed by atoms with Crippen molar-refractivity contribution in [3.05, 3.63) is 0 Å². The van der Waals surface area contributed by atoms with E-state index in [4.69, 9.17) is 10.5 Å². The molecule has 2 N–H and O–H groups in total.